The van der Waals surface area contributed by atoms with Crippen LogP contribution in [0.4, 0.5) is 0 Å². The Hall–Kier alpha value is -2.47. The fourth-order valence-corrected chi connectivity index (χ4v) is 2.39. The summed E-state index contributed by atoms with van der Waals surface area (Å²) in [6.45, 7) is 0. The summed E-state index contributed by atoms with van der Waals surface area (Å²) in [4.78, 5) is 11.8. The second-order valence-electron chi connectivity index (χ2n) is 4.52. The molecule has 0 aliphatic carbocycles. The van der Waals surface area contributed by atoms with E-state index in [2.05, 4.69) is 15.0 Å². The number of H-pyrrole nitrogens is 1. The molecule has 0 spiro atoms. The molecule has 0 saturated heterocycles. The van der Waals surface area contributed by atoms with Gasteiger partial charge in [-0.2, -0.15) is 0 Å². The molecule has 2 aromatic heterocycles. The number of rotatable bonds is 4. The highest BCUT2D eigenvalue weighted by atomic mass is 35.5. The number of nitrogens with zero attached hydrogens (tertiary/aromatic N) is 2. The van der Waals surface area contributed by atoms with Gasteiger partial charge in [0.1, 0.15) is 5.82 Å². The van der Waals surface area contributed by atoms with Crippen LogP contribution in [0.1, 0.15) is 0 Å². The van der Waals surface area contributed by atoms with E-state index in [0.29, 0.717) is 33.7 Å². The number of pyridine rings is 1. The maximum atomic E-state index is 5.94. The Morgan fingerprint density at radius 1 is 1.00 bits per heavy atom. The molecule has 114 valence electrons. The molecular weight excluding hydrogens is 306 g/mol. The van der Waals surface area contributed by atoms with Gasteiger partial charge < -0.3 is 19.2 Å². The first-order valence-electron chi connectivity index (χ1n) is 6.48. The van der Waals surface area contributed by atoms with Crippen LogP contribution in [0, 0.1) is 0 Å². The minimum atomic E-state index is 0.533. The highest BCUT2D eigenvalue weighted by molar-refractivity contribution is 6.31. The summed E-state index contributed by atoms with van der Waals surface area (Å²) in [7, 11) is 4.70. The molecule has 3 rings (SSSR count). The van der Waals surface area contributed by atoms with Crippen LogP contribution in [0.15, 0.2) is 24.4 Å². The van der Waals surface area contributed by atoms with Gasteiger partial charge in [0.25, 0.3) is 0 Å². The number of aromatic amines is 1. The summed E-state index contributed by atoms with van der Waals surface area (Å²) in [5.74, 6) is 2.29. The summed E-state index contributed by atoms with van der Waals surface area (Å²) < 4.78 is 16.0. The minimum absolute atomic E-state index is 0.533. The molecule has 3 aromatic rings. The number of fused-ring (bicyclic) bond motifs is 1. The van der Waals surface area contributed by atoms with Crippen LogP contribution < -0.4 is 14.2 Å². The van der Waals surface area contributed by atoms with E-state index < -0.39 is 0 Å². The summed E-state index contributed by atoms with van der Waals surface area (Å²) in [6, 6.07) is 5.42. The molecule has 0 atom stereocenters. The Morgan fingerprint density at radius 3 is 2.27 bits per heavy atom. The fraction of sp³-hybridized carbons (Fsp3) is 0.200. The van der Waals surface area contributed by atoms with E-state index in [0.717, 1.165) is 11.1 Å². The zero-order valence-corrected chi connectivity index (χ0v) is 13.1. The van der Waals surface area contributed by atoms with Gasteiger partial charge in [-0.25, -0.2) is 9.97 Å². The highest BCUT2D eigenvalue weighted by Gasteiger charge is 2.16. The third-order valence-electron chi connectivity index (χ3n) is 3.24. The van der Waals surface area contributed by atoms with E-state index >= 15 is 0 Å². The molecular formula is C15H14ClN3O3. The van der Waals surface area contributed by atoms with Crippen LogP contribution >= 0.6 is 11.6 Å². The zero-order chi connectivity index (χ0) is 15.7. The predicted molar refractivity (Wildman–Crippen MR) is 84.0 cm³/mol. The monoisotopic (exact) mass is 319 g/mol. The van der Waals surface area contributed by atoms with Crippen molar-refractivity contribution in [2.75, 3.05) is 21.3 Å². The van der Waals surface area contributed by atoms with Crippen LogP contribution in [-0.4, -0.2) is 36.3 Å². The van der Waals surface area contributed by atoms with E-state index in [1.54, 1.807) is 33.6 Å². The van der Waals surface area contributed by atoms with Crippen LogP contribution in [0.2, 0.25) is 5.02 Å². The van der Waals surface area contributed by atoms with Gasteiger partial charge in [-0.15, -0.1) is 0 Å². The topological polar surface area (TPSA) is 69.3 Å². The van der Waals surface area contributed by atoms with Gasteiger partial charge in [0.2, 0.25) is 5.75 Å². The van der Waals surface area contributed by atoms with Crippen molar-refractivity contribution in [2.45, 2.75) is 0 Å². The molecule has 0 aliphatic heterocycles. The maximum Gasteiger partial charge on any atom is 0.203 e. The van der Waals surface area contributed by atoms with Crippen molar-refractivity contribution in [2.24, 2.45) is 0 Å². The van der Waals surface area contributed by atoms with E-state index in [1.165, 1.54) is 0 Å². The molecule has 0 unspecified atom stereocenters. The molecule has 0 aliphatic rings. The molecule has 0 saturated carbocycles. The smallest absolute Gasteiger partial charge is 0.203 e. The van der Waals surface area contributed by atoms with Crippen molar-refractivity contribution in [3.63, 3.8) is 0 Å². The first-order valence-corrected chi connectivity index (χ1v) is 6.85. The molecule has 0 radical (unpaired) electrons. The van der Waals surface area contributed by atoms with Crippen LogP contribution in [0.5, 0.6) is 17.2 Å². The first kappa shape index (κ1) is 14.5. The summed E-state index contributed by atoms with van der Waals surface area (Å²) in [5, 5.41) is 0.549. The number of methoxy groups -OCH3 is 3. The van der Waals surface area contributed by atoms with E-state index in [-0.39, 0.29) is 0 Å². The fourth-order valence-electron chi connectivity index (χ4n) is 2.23. The second kappa shape index (κ2) is 5.73. The SMILES string of the molecule is COc1cc(-c2nc3ncc(Cl)cc3[nH]2)cc(OC)c1OC. The number of nitrogens with one attached hydrogen (secondary N) is 1. The van der Waals surface area contributed by atoms with Gasteiger partial charge in [0, 0.05) is 11.8 Å². The molecule has 1 aromatic carbocycles. The Morgan fingerprint density at radius 2 is 1.68 bits per heavy atom. The van der Waals surface area contributed by atoms with Crippen LogP contribution in [0.25, 0.3) is 22.6 Å². The molecule has 7 heteroatoms. The normalized spacial score (nSPS) is 10.7. The van der Waals surface area contributed by atoms with Gasteiger partial charge >= 0.3 is 0 Å². The van der Waals surface area contributed by atoms with Crippen molar-refractivity contribution in [3.8, 4) is 28.6 Å². The summed E-state index contributed by atoms with van der Waals surface area (Å²) in [6.07, 6.45) is 1.56. The maximum absolute atomic E-state index is 5.94. The van der Waals surface area contributed by atoms with Crippen molar-refractivity contribution in [1.82, 2.24) is 15.0 Å². The molecule has 22 heavy (non-hydrogen) atoms. The lowest BCUT2D eigenvalue weighted by molar-refractivity contribution is 0.324. The van der Waals surface area contributed by atoms with Crippen molar-refractivity contribution < 1.29 is 14.2 Å². The van der Waals surface area contributed by atoms with E-state index in [9.17, 15) is 0 Å². The number of benzene rings is 1. The number of imidazole rings is 1. The van der Waals surface area contributed by atoms with Crippen molar-refractivity contribution >= 4 is 22.8 Å². The third-order valence-corrected chi connectivity index (χ3v) is 3.45. The quantitative estimate of drug-likeness (QED) is 0.799. The molecule has 0 bridgehead atoms. The van der Waals surface area contributed by atoms with Crippen LogP contribution in [-0.2, 0) is 0 Å². The Kier molecular flexibility index (Phi) is 3.77. The zero-order valence-electron chi connectivity index (χ0n) is 12.3. The minimum Gasteiger partial charge on any atom is -0.493 e. The van der Waals surface area contributed by atoms with Gasteiger partial charge in [-0.05, 0) is 18.2 Å². The predicted octanol–water partition coefficient (Wildman–Crippen LogP) is 3.30. The molecule has 2 heterocycles. The second-order valence-corrected chi connectivity index (χ2v) is 4.96. The van der Waals surface area contributed by atoms with E-state index in [1.807, 2.05) is 12.1 Å². The first-order chi connectivity index (χ1) is 10.7. The Labute approximate surface area is 132 Å². The Bertz CT molecular complexity index is 807. The van der Waals surface area contributed by atoms with Gasteiger partial charge in [-0.1, -0.05) is 11.6 Å². The van der Waals surface area contributed by atoms with Gasteiger partial charge in [-0.3, -0.25) is 0 Å². The standard InChI is InChI=1S/C15H14ClN3O3/c1-20-11-4-8(5-12(21-2)13(11)22-3)14-18-10-6-9(16)7-17-15(10)19-14/h4-7H,1-3H3,(H,17,18,19). The number of ether oxygens (including phenoxy) is 3. The highest BCUT2D eigenvalue weighted by Crippen LogP contribution is 2.40. The number of halogens is 1. The molecule has 0 fully saturated rings. The average molecular weight is 320 g/mol. The lowest BCUT2D eigenvalue weighted by atomic mass is 10.1. The van der Waals surface area contributed by atoms with Crippen molar-refractivity contribution in [1.29, 1.82) is 0 Å². The van der Waals surface area contributed by atoms with E-state index in [4.69, 9.17) is 25.8 Å². The lowest BCUT2D eigenvalue weighted by Gasteiger charge is -2.13. The lowest BCUT2D eigenvalue weighted by Crippen LogP contribution is -1.96. The number of aromatic nitrogens is 3. The number of hydrogen-bond donors (Lipinski definition) is 1. The average Bonchev–Trinajstić information content (AvgIpc) is 2.96. The summed E-state index contributed by atoms with van der Waals surface area (Å²) >= 11 is 5.94. The van der Waals surface area contributed by atoms with Gasteiger partial charge in [0.15, 0.2) is 17.1 Å². The summed E-state index contributed by atoms with van der Waals surface area (Å²) in [5.41, 5.74) is 2.15. The molecule has 1 N–H and O–H groups in total. The Balaban J connectivity index is 2.17. The van der Waals surface area contributed by atoms with Crippen molar-refractivity contribution in [3.05, 3.63) is 29.4 Å². The third kappa shape index (κ3) is 2.42. The van der Waals surface area contributed by atoms with Crippen LogP contribution in [0.3, 0.4) is 0 Å². The molecule has 0 amide bonds. The number of hydrogen-bond acceptors (Lipinski definition) is 5. The molecule has 6 nitrogen and oxygen atoms in total. The van der Waals surface area contributed by atoms with Gasteiger partial charge in [0.05, 0.1) is 31.9 Å². The largest absolute Gasteiger partial charge is 0.493 e.